The number of phenols is 4. The van der Waals surface area contributed by atoms with E-state index in [2.05, 4.69) is 15.2 Å². The Hall–Kier alpha value is -2.61. The molecule has 1 heterocycles. The van der Waals surface area contributed by atoms with E-state index in [9.17, 15) is 20.4 Å². The van der Waals surface area contributed by atoms with Crippen LogP contribution in [0.4, 0.5) is 11.4 Å². The van der Waals surface area contributed by atoms with Crippen LogP contribution in [0, 0.1) is 0 Å². The first-order chi connectivity index (χ1) is 11.6. The summed E-state index contributed by atoms with van der Waals surface area (Å²) < 4.78 is 0. The van der Waals surface area contributed by atoms with Crippen LogP contribution in [0.15, 0.2) is 65.0 Å². The van der Waals surface area contributed by atoms with E-state index in [0.29, 0.717) is 11.3 Å². The van der Waals surface area contributed by atoms with Crippen molar-refractivity contribution in [1.29, 1.82) is 0 Å². The van der Waals surface area contributed by atoms with Gasteiger partial charge in [-0.3, -0.25) is 4.98 Å². The number of nitrogens with zero attached hydrogens (tertiary/aromatic N) is 3. The second-order valence-electron chi connectivity index (χ2n) is 4.89. The second-order valence-corrected chi connectivity index (χ2v) is 4.89. The van der Waals surface area contributed by atoms with Crippen molar-refractivity contribution >= 4 is 40.9 Å². The summed E-state index contributed by atoms with van der Waals surface area (Å²) in [6, 6.07) is 12.2. The molecule has 0 aliphatic heterocycles. The van der Waals surface area contributed by atoms with Crippen molar-refractivity contribution in [3.63, 3.8) is 0 Å². The smallest absolute Gasteiger partial charge is 0.170 e. The zero-order valence-corrected chi connectivity index (χ0v) is 15.3. The third kappa shape index (κ3) is 3.90. The molecule has 0 aliphatic carbocycles. The minimum atomic E-state index is -0.313. The van der Waals surface area contributed by atoms with E-state index >= 15 is 0 Å². The van der Waals surface area contributed by atoms with Gasteiger partial charge in [-0.15, -0.1) is 10.2 Å². The largest absolute Gasteiger partial charge is 0.505 e. The summed E-state index contributed by atoms with van der Waals surface area (Å²) in [5, 5.41) is 47.1. The first kappa shape index (κ1) is 18.7. The third-order valence-corrected chi connectivity index (χ3v) is 3.31. The summed E-state index contributed by atoms with van der Waals surface area (Å²) in [5.41, 5.74) is 0.501. The molecule has 0 fully saturated rings. The first-order valence-corrected chi connectivity index (χ1v) is 6.97. The number of aromatic hydroxyl groups is 4. The SMILES string of the molecule is Oc1cccc(O)c1N=Nc1c(O)ccc(-c2ccccn2)c1O.[Na]. The summed E-state index contributed by atoms with van der Waals surface area (Å²) in [6.07, 6.45) is 1.57. The van der Waals surface area contributed by atoms with Crippen molar-refractivity contribution in [3.05, 3.63) is 54.7 Å². The normalized spacial score (nSPS) is 10.6. The maximum Gasteiger partial charge on any atom is 0.170 e. The molecule has 8 heteroatoms. The van der Waals surface area contributed by atoms with Crippen molar-refractivity contribution in [1.82, 2.24) is 4.98 Å². The Morgan fingerprint density at radius 2 is 1.32 bits per heavy atom. The molecule has 0 saturated heterocycles. The van der Waals surface area contributed by atoms with Crippen LogP contribution in [0.2, 0.25) is 0 Å². The van der Waals surface area contributed by atoms with Crippen LogP contribution in [-0.4, -0.2) is 55.0 Å². The summed E-state index contributed by atoms with van der Waals surface area (Å²) >= 11 is 0. The number of rotatable bonds is 3. The quantitative estimate of drug-likeness (QED) is 0.427. The fraction of sp³-hybridized carbons (Fsp3) is 0. The van der Waals surface area contributed by atoms with Crippen LogP contribution >= 0.6 is 0 Å². The standard InChI is InChI=1S/C17H13N3O4.Na/c21-12-5-3-6-13(22)15(12)19-20-16-14(23)8-7-10(17(16)24)11-4-1-2-9-18-11;/h1-9,21-24H;. The minimum absolute atomic E-state index is 0. The second kappa shape index (κ2) is 7.98. The molecule has 0 unspecified atom stereocenters. The number of pyridine rings is 1. The van der Waals surface area contributed by atoms with Gasteiger partial charge in [0.05, 0.1) is 5.69 Å². The van der Waals surface area contributed by atoms with E-state index in [1.54, 1.807) is 24.4 Å². The molecule has 3 aromatic rings. The number of aromatic nitrogens is 1. The average Bonchev–Trinajstić information content (AvgIpc) is 2.58. The molecule has 3 rings (SSSR count). The third-order valence-electron chi connectivity index (χ3n) is 3.31. The zero-order valence-electron chi connectivity index (χ0n) is 13.3. The summed E-state index contributed by atoms with van der Waals surface area (Å²) in [4.78, 5) is 4.13. The molecule has 1 aromatic heterocycles. The summed E-state index contributed by atoms with van der Waals surface area (Å²) in [5.74, 6) is -1.17. The van der Waals surface area contributed by atoms with Gasteiger partial charge in [-0.05, 0) is 36.4 Å². The van der Waals surface area contributed by atoms with Gasteiger partial charge in [-0.1, -0.05) is 12.1 Å². The monoisotopic (exact) mass is 346 g/mol. The molecular weight excluding hydrogens is 333 g/mol. The predicted molar refractivity (Wildman–Crippen MR) is 92.7 cm³/mol. The molecule has 0 aliphatic rings. The fourth-order valence-electron chi connectivity index (χ4n) is 2.12. The molecule has 121 valence electrons. The van der Waals surface area contributed by atoms with E-state index in [-0.39, 0.29) is 63.9 Å². The average molecular weight is 346 g/mol. The number of phenolic OH excluding ortho intramolecular Hbond substituents is 4. The van der Waals surface area contributed by atoms with Gasteiger partial charge >= 0.3 is 0 Å². The number of hydrogen-bond acceptors (Lipinski definition) is 7. The van der Waals surface area contributed by atoms with Crippen molar-refractivity contribution in [2.45, 2.75) is 0 Å². The van der Waals surface area contributed by atoms with Crippen LogP contribution in [0.25, 0.3) is 11.3 Å². The van der Waals surface area contributed by atoms with Gasteiger partial charge in [0, 0.05) is 41.3 Å². The molecular formula is C17H13N3NaO4. The van der Waals surface area contributed by atoms with Gasteiger partial charge in [-0.25, -0.2) is 0 Å². The molecule has 2 aromatic carbocycles. The number of benzene rings is 2. The van der Waals surface area contributed by atoms with Crippen LogP contribution in [0.5, 0.6) is 23.0 Å². The van der Waals surface area contributed by atoms with E-state index in [4.69, 9.17) is 0 Å². The van der Waals surface area contributed by atoms with E-state index in [1.165, 1.54) is 30.3 Å². The molecule has 7 nitrogen and oxygen atoms in total. The van der Waals surface area contributed by atoms with Crippen molar-refractivity contribution in [2.75, 3.05) is 0 Å². The molecule has 0 amide bonds. The first-order valence-electron chi connectivity index (χ1n) is 6.97. The Labute approximate surface area is 165 Å². The molecule has 4 N–H and O–H groups in total. The Kier molecular flexibility index (Phi) is 5.97. The van der Waals surface area contributed by atoms with Gasteiger partial charge in [0.15, 0.2) is 17.1 Å². The maximum atomic E-state index is 10.4. The van der Waals surface area contributed by atoms with Crippen LogP contribution < -0.4 is 0 Å². The predicted octanol–water partition coefficient (Wildman–Crippen LogP) is 3.61. The van der Waals surface area contributed by atoms with E-state index in [1.807, 2.05) is 0 Å². The Bertz CT molecular complexity index is 897. The molecule has 25 heavy (non-hydrogen) atoms. The van der Waals surface area contributed by atoms with Crippen molar-refractivity contribution in [3.8, 4) is 34.3 Å². The number of hydrogen-bond donors (Lipinski definition) is 4. The zero-order chi connectivity index (χ0) is 17.1. The summed E-state index contributed by atoms with van der Waals surface area (Å²) in [7, 11) is 0. The van der Waals surface area contributed by atoms with Gasteiger partial charge in [0.1, 0.15) is 17.2 Å². The summed E-state index contributed by atoms with van der Waals surface area (Å²) in [6.45, 7) is 0. The number of azo groups is 1. The molecule has 0 saturated carbocycles. The van der Waals surface area contributed by atoms with E-state index in [0.717, 1.165) is 0 Å². The molecule has 0 atom stereocenters. The van der Waals surface area contributed by atoms with Gasteiger partial charge in [0.25, 0.3) is 0 Å². The maximum absolute atomic E-state index is 10.4. The van der Waals surface area contributed by atoms with Crippen LogP contribution in [0.1, 0.15) is 0 Å². The van der Waals surface area contributed by atoms with E-state index < -0.39 is 0 Å². The van der Waals surface area contributed by atoms with Crippen molar-refractivity contribution in [2.24, 2.45) is 10.2 Å². The fourth-order valence-corrected chi connectivity index (χ4v) is 2.12. The van der Waals surface area contributed by atoms with Crippen LogP contribution in [0.3, 0.4) is 0 Å². The van der Waals surface area contributed by atoms with Crippen LogP contribution in [-0.2, 0) is 0 Å². The Balaban J connectivity index is 0.00000225. The Morgan fingerprint density at radius 3 is 1.96 bits per heavy atom. The van der Waals surface area contributed by atoms with Gasteiger partial charge < -0.3 is 20.4 Å². The molecule has 0 bridgehead atoms. The Morgan fingerprint density at radius 1 is 0.680 bits per heavy atom. The van der Waals surface area contributed by atoms with Crippen molar-refractivity contribution < 1.29 is 20.4 Å². The molecule has 1 radical (unpaired) electrons. The van der Waals surface area contributed by atoms with Gasteiger partial charge in [0.2, 0.25) is 0 Å². The molecule has 0 spiro atoms. The minimum Gasteiger partial charge on any atom is -0.505 e. The van der Waals surface area contributed by atoms with Gasteiger partial charge in [-0.2, -0.15) is 0 Å². The topological polar surface area (TPSA) is 119 Å².